The van der Waals surface area contributed by atoms with E-state index in [4.69, 9.17) is 0 Å². The van der Waals surface area contributed by atoms with Crippen LogP contribution in [0.5, 0.6) is 0 Å². The van der Waals surface area contributed by atoms with Gasteiger partial charge in [0.25, 0.3) is 0 Å². The number of rotatable bonds is 3. The van der Waals surface area contributed by atoms with Gasteiger partial charge in [0, 0.05) is 13.1 Å². The van der Waals surface area contributed by atoms with Crippen molar-refractivity contribution in [1.82, 2.24) is 9.62 Å². The van der Waals surface area contributed by atoms with Gasteiger partial charge >= 0.3 is 0 Å². The summed E-state index contributed by atoms with van der Waals surface area (Å²) in [6, 6.07) is -0.176. The number of aliphatic hydroxyl groups is 1. The molecular formula is C13H24N2O4S. The van der Waals surface area contributed by atoms with Crippen LogP contribution in [0.2, 0.25) is 0 Å². The lowest BCUT2D eigenvalue weighted by Crippen LogP contribution is -2.50. The van der Waals surface area contributed by atoms with Crippen LogP contribution in [0.1, 0.15) is 38.5 Å². The quantitative estimate of drug-likeness (QED) is 0.773. The van der Waals surface area contributed by atoms with Crippen molar-refractivity contribution in [2.24, 2.45) is 5.92 Å². The number of carbonyl (C=O) groups excluding carboxylic acids is 1. The Morgan fingerprint density at radius 2 is 1.90 bits per heavy atom. The molecule has 1 saturated heterocycles. The fourth-order valence-electron chi connectivity index (χ4n) is 3.04. The van der Waals surface area contributed by atoms with Crippen molar-refractivity contribution < 1.29 is 18.3 Å². The Kier molecular flexibility index (Phi) is 5.04. The Morgan fingerprint density at radius 1 is 1.20 bits per heavy atom. The first kappa shape index (κ1) is 15.7. The molecule has 0 radical (unpaired) electrons. The molecule has 1 aliphatic carbocycles. The van der Waals surface area contributed by atoms with Gasteiger partial charge in [-0.3, -0.25) is 4.79 Å². The zero-order chi connectivity index (χ0) is 14.8. The van der Waals surface area contributed by atoms with Crippen LogP contribution in [0.25, 0.3) is 0 Å². The zero-order valence-electron chi connectivity index (χ0n) is 11.9. The molecule has 2 aliphatic rings. The molecule has 7 heteroatoms. The summed E-state index contributed by atoms with van der Waals surface area (Å²) in [5.74, 6) is -0.420. The lowest BCUT2D eigenvalue weighted by atomic mass is 9.91. The molecular weight excluding hydrogens is 280 g/mol. The average Bonchev–Trinajstić information content (AvgIpc) is 2.40. The highest BCUT2D eigenvalue weighted by molar-refractivity contribution is 7.88. The maximum Gasteiger partial charge on any atom is 0.224 e. The van der Waals surface area contributed by atoms with E-state index in [1.54, 1.807) is 0 Å². The lowest BCUT2D eigenvalue weighted by Gasteiger charge is -2.33. The van der Waals surface area contributed by atoms with Gasteiger partial charge in [0.05, 0.1) is 24.3 Å². The minimum absolute atomic E-state index is 0.121. The molecule has 3 atom stereocenters. The Hall–Kier alpha value is -0.660. The second-order valence-electron chi connectivity index (χ2n) is 5.93. The number of hydrogen-bond donors (Lipinski definition) is 2. The van der Waals surface area contributed by atoms with Crippen molar-refractivity contribution in [3.05, 3.63) is 0 Å². The number of amides is 1. The van der Waals surface area contributed by atoms with Gasteiger partial charge in [0.1, 0.15) is 0 Å². The summed E-state index contributed by atoms with van der Waals surface area (Å²) < 4.78 is 24.5. The van der Waals surface area contributed by atoms with Gasteiger partial charge in [-0.1, -0.05) is 12.8 Å². The molecule has 1 heterocycles. The van der Waals surface area contributed by atoms with Crippen molar-refractivity contribution in [2.45, 2.75) is 50.7 Å². The first-order valence-electron chi connectivity index (χ1n) is 7.31. The average molecular weight is 304 g/mol. The molecule has 2 fully saturated rings. The van der Waals surface area contributed by atoms with Crippen LogP contribution in [0.3, 0.4) is 0 Å². The SMILES string of the molecule is CS(=O)(=O)N1CCCC(C(=O)N[C@H]2CCCC[C@@H]2O)C1. The number of piperidine rings is 1. The van der Waals surface area contributed by atoms with Crippen LogP contribution in [-0.2, 0) is 14.8 Å². The van der Waals surface area contributed by atoms with Gasteiger partial charge < -0.3 is 10.4 Å². The largest absolute Gasteiger partial charge is 0.391 e. The number of nitrogens with one attached hydrogen (secondary N) is 1. The molecule has 0 spiro atoms. The first-order valence-corrected chi connectivity index (χ1v) is 9.16. The molecule has 116 valence electrons. The van der Waals surface area contributed by atoms with Crippen LogP contribution in [0.15, 0.2) is 0 Å². The van der Waals surface area contributed by atoms with Gasteiger partial charge in [-0.05, 0) is 25.7 Å². The summed E-state index contributed by atoms with van der Waals surface area (Å²) >= 11 is 0. The number of carbonyl (C=O) groups is 1. The van der Waals surface area contributed by atoms with E-state index in [0.717, 1.165) is 25.7 Å². The third-order valence-electron chi connectivity index (χ3n) is 4.28. The number of nitrogens with zero attached hydrogens (tertiary/aromatic N) is 1. The summed E-state index contributed by atoms with van der Waals surface area (Å²) in [4.78, 5) is 12.2. The van der Waals surface area contributed by atoms with Crippen LogP contribution < -0.4 is 5.32 Å². The highest BCUT2D eigenvalue weighted by atomic mass is 32.2. The molecule has 0 aromatic rings. The number of aliphatic hydroxyl groups excluding tert-OH is 1. The summed E-state index contributed by atoms with van der Waals surface area (Å²) in [5.41, 5.74) is 0. The van der Waals surface area contributed by atoms with E-state index in [2.05, 4.69) is 5.32 Å². The van der Waals surface area contributed by atoms with E-state index in [9.17, 15) is 18.3 Å². The molecule has 2 N–H and O–H groups in total. The van der Waals surface area contributed by atoms with Crippen molar-refractivity contribution >= 4 is 15.9 Å². The van der Waals surface area contributed by atoms with Crippen molar-refractivity contribution in [3.63, 3.8) is 0 Å². The maximum atomic E-state index is 12.2. The van der Waals surface area contributed by atoms with E-state index >= 15 is 0 Å². The fourth-order valence-corrected chi connectivity index (χ4v) is 3.95. The smallest absolute Gasteiger partial charge is 0.224 e. The molecule has 1 amide bonds. The third-order valence-corrected chi connectivity index (χ3v) is 5.55. The summed E-state index contributed by atoms with van der Waals surface area (Å²) in [5, 5.41) is 12.8. The highest BCUT2D eigenvalue weighted by Crippen LogP contribution is 2.22. The molecule has 0 aromatic carbocycles. The predicted molar refractivity (Wildman–Crippen MR) is 75.5 cm³/mol. The minimum Gasteiger partial charge on any atom is -0.391 e. The summed E-state index contributed by atoms with van der Waals surface area (Å²) in [6.07, 6.45) is 5.67. The summed E-state index contributed by atoms with van der Waals surface area (Å²) in [6.45, 7) is 0.752. The molecule has 6 nitrogen and oxygen atoms in total. The van der Waals surface area contributed by atoms with Crippen molar-refractivity contribution in [3.8, 4) is 0 Å². The monoisotopic (exact) mass is 304 g/mol. The van der Waals surface area contributed by atoms with E-state index in [0.29, 0.717) is 19.4 Å². The first-order chi connectivity index (χ1) is 9.38. The van der Waals surface area contributed by atoms with E-state index in [1.165, 1.54) is 10.6 Å². The van der Waals surface area contributed by atoms with E-state index in [-0.39, 0.29) is 24.4 Å². The van der Waals surface area contributed by atoms with Crippen LogP contribution in [-0.4, -0.2) is 55.2 Å². The number of sulfonamides is 1. The van der Waals surface area contributed by atoms with Gasteiger partial charge in [-0.15, -0.1) is 0 Å². The Morgan fingerprint density at radius 3 is 2.55 bits per heavy atom. The Labute approximate surface area is 120 Å². The number of hydrogen-bond acceptors (Lipinski definition) is 4. The van der Waals surface area contributed by atoms with Gasteiger partial charge in [0.2, 0.25) is 15.9 Å². The molecule has 1 unspecified atom stereocenters. The van der Waals surface area contributed by atoms with Crippen LogP contribution in [0, 0.1) is 5.92 Å². The minimum atomic E-state index is -3.23. The highest BCUT2D eigenvalue weighted by Gasteiger charge is 2.32. The Balaban J connectivity index is 1.91. The predicted octanol–water partition coefficient (Wildman–Crippen LogP) is 0.0777. The van der Waals surface area contributed by atoms with Gasteiger partial charge in [0.15, 0.2) is 0 Å². The zero-order valence-corrected chi connectivity index (χ0v) is 12.7. The standard InChI is InChI=1S/C13H24N2O4S/c1-20(18,19)15-8-4-5-10(9-15)13(17)14-11-6-2-3-7-12(11)16/h10-12,16H,2-9H2,1H3,(H,14,17)/t10?,11-,12-/m0/s1. The van der Waals surface area contributed by atoms with Crippen molar-refractivity contribution in [1.29, 1.82) is 0 Å². The topological polar surface area (TPSA) is 86.7 Å². The molecule has 2 rings (SSSR count). The van der Waals surface area contributed by atoms with Crippen molar-refractivity contribution in [2.75, 3.05) is 19.3 Å². The van der Waals surface area contributed by atoms with Crippen LogP contribution in [0.4, 0.5) is 0 Å². The molecule has 1 aliphatic heterocycles. The van der Waals surface area contributed by atoms with E-state index < -0.39 is 16.1 Å². The molecule has 0 aromatic heterocycles. The maximum absolute atomic E-state index is 12.2. The normalized spacial score (nSPS) is 32.8. The van der Waals surface area contributed by atoms with Gasteiger partial charge in [-0.2, -0.15) is 0 Å². The second-order valence-corrected chi connectivity index (χ2v) is 7.91. The van der Waals surface area contributed by atoms with E-state index in [1.807, 2.05) is 0 Å². The fraction of sp³-hybridized carbons (Fsp3) is 0.923. The third kappa shape index (κ3) is 3.93. The molecule has 0 bridgehead atoms. The van der Waals surface area contributed by atoms with Gasteiger partial charge in [-0.25, -0.2) is 12.7 Å². The molecule has 20 heavy (non-hydrogen) atoms. The lowest BCUT2D eigenvalue weighted by molar-refractivity contribution is -0.128. The second kappa shape index (κ2) is 6.41. The molecule has 1 saturated carbocycles. The Bertz CT molecular complexity index is 451. The van der Waals surface area contributed by atoms with Crippen LogP contribution >= 0.6 is 0 Å². The summed E-state index contributed by atoms with van der Waals surface area (Å²) in [7, 11) is -3.23.